The third kappa shape index (κ3) is 42.5. The van der Waals surface area contributed by atoms with Gasteiger partial charge in [-0.1, -0.05) is 164 Å². The third-order valence-corrected chi connectivity index (χ3v) is 9.48. The molecule has 0 aromatic carbocycles. The zero-order valence-electron chi connectivity index (χ0n) is 34.4. The van der Waals surface area contributed by atoms with E-state index in [-0.39, 0.29) is 19.4 Å². The summed E-state index contributed by atoms with van der Waals surface area (Å²) in [4.78, 5) is 42.9. The lowest BCUT2D eigenvalue weighted by Crippen LogP contribution is -2.29. The molecule has 0 aliphatic rings. The molecule has 0 saturated carbocycles. The van der Waals surface area contributed by atoms with Crippen molar-refractivity contribution in [1.82, 2.24) is 0 Å². The number of rotatable bonds is 39. The molecule has 0 bridgehead atoms. The first kappa shape index (κ1) is 51.8. The smallest absolute Gasteiger partial charge is 0.462 e. The number of carbonyl (C=O) groups excluding carboxylic acids is 2. The summed E-state index contributed by atoms with van der Waals surface area (Å²) in [5, 5.41) is 0. The largest absolute Gasteiger partial charge is 0.469 e. The van der Waals surface area contributed by atoms with Crippen molar-refractivity contribution in [2.24, 2.45) is 0 Å². The van der Waals surface area contributed by atoms with Crippen LogP contribution in [0.4, 0.5) is 0 Å². The van der Waals surface area contributed by atoms with Crippen LogP contribution in [0.5, 0.6) is 0 Å². The molecule has 0 saturated heterocycles. The van der Waals surface area contributed by atoms with Gasteiger partial charge >= 0.3 is 19.8 Å². The van der Waals surface area contributed by atoms with Gasteiger partial charge < -0.3 is 19.3 Å². The van der Waals surface area contributed by atoms with Crippen LogP contribution in [0.2, 0.25) is 0 Å². The van der Waals surface area contributed by atoms with Crippen molar-refractivity contribution in [2.75, 3.05) is 13.2 Å². The number of phosphoric ester groups is 1. The van der Waals surface area contributed by atoms with Crippen molar-refractivity contribution in [2.45, 2.75) is 200 Å². The first-order valence-corrected chi connectivity index (χ1v) is 23.1. The van der Waals surface area contributed by atoms with E-state index in [9.17, 15) is 14.2 Å². The van der Waals surface area contributed by atoms with Gasteiger partial charge in [0.2, 0.25) is 0 Å². The first-order chi connectivity index (χ1) is 26.3. The van der Waals surface area contributed by atoms with Gasteiger partial charge in [-0.3, -0.25) is 14.1 Å². The number of unbranched alkanes of at least 4 members (excludes halogenated alkanes) is 19. The van der Waals surface area contributed by atoms with Crippen molar-refractivity contribution < 1.29 is 37.9 Å². The van der Waals surface area contributed by atoms with Gasteiger partial charge in [0.1, 0.15) is 6.61 Å². The summed E-state index contributed by atoms with van der Waals surface area (Å²) in [6, 6.07) is 0. The Kier molecular flexibility index (Phi) is 38.7. The van der Waals surface area contributed by atoms with E-state index in [1.807, 2.05) is 0 Å². The van der Waals surface area contributed by atoms with Crippen LogP contribution in [0.1, 0.15) is 194 Å². The number of phosphoric acid groups is 1. The molecule has 2 N–H and O–H groups in total. The molecular weight excluding hydrogens is 699 g/mol. The first-order valence-electron chi connectivity index (χ1n) is 21.6. The van der Waals surface area contributed by atoms with Crippen LogP contribution in [-0.2, 0) is 28.2 Å². The predicted molar refractivity (Wildman–Crippen MR) is 225 cm³/mol. The molecule has 9 heteroatoms. The summed E-state index contributed by atoms with van der Waals surface area (Å²) in [5.41, 5.74) is 0. The Balaban J connectivity index is 3.96. The van der Waals surface area contributed by atoms with E-state index in [0.29, 0.717) is 12.8 Å². The molecule has 0 radical (unpaired) electrons. The van der Waals surface area contributed by atoms with Gasteiger partial charge in [-0.2, -0.15) is 0 Å². The maximum Gasteiger partial charge on any atom is 0.469 e. The highest BCUT2D eigenvalue weighted by Crippen LogP contribution is 2.36. The lowest BCUT2D eigenvalue weighted by atomic mass is 10.1. The molecule has 0 aliphatic carbocycles. The lowest BCUT2D eigenvalue weighted by molar-refractivity contribution is -0.161. The topological polar surface area (TPSA) is 119 Å². The summed E-state index contributed by atoms with van der Waals surface area (Å²) in [6.07, 6.45) is 50.8. The van der Waals surface area contributed by atoms with Crippen LogP contribution in [-0.4, -0.2) is 41.0 Å². The zero-order valence-corrected chi connectivity index (χ0v) is 35.2. The minimum Gasteiger partial charge on any atom is -0.462 e. The monoisotopic (exact) mass is 779 g/mol. The van der Waals surface area contributed by atoms with Crippen molar-refractivity contribution in [3.05, 3.63) is 60.8 Å². The van der Waals surface area contributed by atoms with Gasteiger partial charge in [0.05, 0.1) is 6.61 Å². The fraction of sp³-hybridized carbons (Fsp3) is 0.733. The SMILES string of the molecule is CCC/C=C/C/C=C/C/C=C/C/C=C/CCCCCC(=O)OC[C@H](COP(=O)(O)O)OC(=O)CCCCCCCCCCC/C=C/CCCCCCCC. The van der Waals surface area contributed by atoms with Crippen LogP contribution < -0.4 is 0 Å². The molecule has 8 nitrogen and oxygen atoms in total. The zero-order chi connectivity index (χ0) is 39.6. The van der Waals surface area contributed by atoms with Crippen LogP contribution >= 0.6 is 7.82 Å². The Morgan fingerprint density at radius 2 is 0.870 bits per heavy atom. The van der Waals surface area contributed by atoms with Gasteiger partial charge in [0, 0.05) is 12.8 Å². The molecule has 312 valence electrons. The van der Waals surface area contributed by atoms with E-state index < -0.39 is 32.5 Å². The molecule has 0 spiro atoms. The summed E-state index contributed by atoms with van der Waals surface area (Å²) >= 11 is 0. The predicted octanol–water partition coefficient (Wildman–Crippen LogP) is 13.3. The molecule has 0 aliphatic heterocycles. The van der Waals surface area contributed by atoms with Crippen LogP contribution in [0.25, 0.3) is 0 Å². The minimum absolute atomic E-state index is 0.200. The standard InChI is InChI=1S/C45H79O8P/c1-3-5-7-9-11-13-15-17-19-21-22-24-26-28-30-32-34-36-38-40-45(47)53-43(42-52-54(48,49)50)41-51-44(46)39-37-35-33-31-29-27-25-23-20-18-16-14-12-10-8-6-4-2/h8,10,14,16-17,19-20,23,27,29,43H,3-7,9,11-13,15,18,21-22,24-26,28,30-42H2,1-2H3,(H2,48,49,50)/b10-8+,16-14+,19-17+,23-20+,29-27+/t43-/m1/s1. The fourth-order valence-corrected chi connectivity index (χ4v) is 6.13. The number of ether oxygens (including phenoxy) is 2. The van der Waals surface area contributed by atoms with E-state index in [2.05, 4.69) is 79.1 Å². The molecule has 0 rings (SSSR count). The molecule has 0 aromatic heterocycles. The number of carbonyl (C=O) groups is 2. The van der Waals surface area contributed by atoms with E-state index in [4.69, 9.17) is 19.3 Å². The summed E-state index contributed by atoms with van der Waals surface area (Å²) in [6.45, 7) is 3.59. The molecule has 0 amide bonds. The second-order valence-corrected chi connectivity index (χ2v) is 15.5. The normalized spacial score (nSPS) is 13.0. The Morgan fingerprint density at radius 3 is 1.35 bits per heavy atom. The van der Waals surface area contributed by atoms with E-state index in [1.165, 1.54) is 89.9 Å². The quantitative estimate of drug-likeness (QED) is 0.0274. The highest BCUT2D eigenvalue weighted by atomic mass is 31.2. The van der Waals surface area contributed by atoms with Gasteiger partial charge in [-0.05, 0) is 77.0 Å². The van der Waals surface area contributed by atoms with Gasteiger partial charge in [0.15, 0.2) is 6.10 Å². The van der Waals surface area contributed by atoms with Crippen molar-refractivity contribution in [1.29, 1.82) is 0 Å². The fourth-order valence-electron chi connectivity index (χ4n) is 5.77. The summed E-state index contributed by atoms with van der Waals surface area (Å²) in [5.74, 6) is -0.924. The van der Waals surface area contributed by atoms with E-state index >= 15 is 0 Å². The second-order valence-electron chi connectivity index (χ2n) is 14.3. The molecule has 54 heavy (non-hydrogen) atoms. The summed E-state index contributed by atoms with van der Waals surface area (Å²) < 4.78 is 26.4. The Morgan fingerprint density at radius 1 is 0.481 bits per heavy atom. The second kappa shape index (κ2) is 40.4. The molecule has 0 fully saturated rings. The third-order valence-electron chi connectivity index (χ3n) is 8.99. The average Bonchev–Trinajstić information content (AvgIpc) is 3.14. The van der Waals surface area contributed by atoms with Crippen molar-refractivity contribution in [3.63, 3.8) is 0 Å². The molecule has 1 atom stereocenters. The molecule has 0 aromatic rings. The number of allylic oxidation sites excluding steroid dienone is 10. The Labute approximate surface area is 330 Å². The highest BCUT2D eigenvalue weighted by Gasteiger charge is 2.22. The molecular formula is C45H79O8P. The van der Waals surface area contributed by atoms with Crippen LogP contribution in [0.15, 0.2) is 60.8 Å². The Bertz CT molecular complexity index is 1060. The van der Waals surface area contributed by atoms with Crippen LogP contribution in [0, 0.1) is 0 Å². The maximum atomic E-state index is 12.4. The van der Waals surface area contributed by atoms with Crippen molar-refractivity contribution >= 4 is 19.8 Å². The van der Waals surface area contributed by atoms with Gasteiger partial charge in [-0.15, -0.1) is 0 Å². The average molecular weight is 779 g/mol. The van der Waals surface area contributed by atoms with E-state index in [1.54, 1.807) is 0 Å². The van der Waals surface area contributed by atoms with Gasteiger partial charge in [0.25, 0.3) is 0 Å². The molecule has 0 heterocycles. The number of esters is 2. The number of hydrogen-bond acceptors (Lipinski definition) is 6. The van der Waals surface area contributed by atoms with Crippen LogP contribution in [0.3, 0.4) is 0 Å². The molecule has 0 unspecified atom stereocenters. The lowest BCUT2D eigenvalue weighted by Gasteiger charge is -2.18. The Hall–Kier alpha value is -2.25. The van der Waals surface area contributed by atoms with E-state index in [0.717, 1.165) is 64.2 Å². The minimum atomic E-state index is -4.76. The summed E-state index contributed by atoms with van der Waals surface area (Å²) in [7, 11) is -4.76. The maximum absolute atomic E-state index is 12.4. The van der Waals surface area contributed by atoms with Gasteiger partial charge in [-0.25, -0.2) is 4.57 Å². The van der Waals surface area contributed by atoms with Crippen molar-refractivity contribution in [3.8, 4) is 0 Å². The highest BCUT2D eigenvalue weighted by molar-refractivity contribution is 7.46. The number of hydrogen-bond donors (Lipinski definition) is 2.